The molecule has 2 nitrogen and oxygen atoms in total. The van der Waals surface area contributed by atoms with Gasteiger partial charge in [0.2, 0.25) is 5.00 Å². The van der Waals surface area contributed by atoms with Gasteiger partial charge in [-0.2, -0.15) is 0 Å². The second-order valence-electron chi connectivity index (χ2n) is 3.12. The number of ether oxygens (including phenoxy) is 1. The van der Waals surface area contributed by atoms with Crippen molar-refractivity contribution in [1.82, 2.24) is 0 Å². The summed E-state index contributed by atoms with van der Waals surface area (Å²) in [5.74, 6) is 0.813. The van der Waals surface area contributed by atoms with Crippen LogP contribution in [0.2, 0.25) is 0 Å². The van der Waals surface area contributed by atoms with E-state index in [1.54, 1.807) is 6.07 Å². The summed E-state index contributed by atoms with van der Waals surface area (Å²) in [6.45, 7) is 8.87. The summed E-state index contributed by atoms with van der Waals surface area (Å²) in [6, 6.07) is 11.4. The van der Waals surface area contributed by atoms with Gasteiger partial charge in [-0.25, -0.2) is 4.85 Å². The lowest BCUT2D eigenvalue weighted by molar-refractivity contribution is 0.496. The molecule has 0 bridgehead atoms. The molecule has 3 heteroatoms. The first kappa shape index (κ1) is 9.75. The summed E-state index contributed by atoms with van der Waals surface area (Å²) in [5.41, 5.74) is 1.16. The normalized spacial score (nSPS) is 9.60. The van der Waals surface area contributed by atoms with Crippen LogP contribution in [0.3, 0.4) is 0 Å². The van der Waals surface area contributed by atoms with Crippen LogP contribution in [0.5, 0.6) is 10.8 Å². The summed E-state index contributed by atoms with van der Waals surface area (Å²) in [7, 11) is 0. The molecule has 0 fully saturated rings. The minimum Gasteiger partial charge on any atom is -0.448 e. The molecule has 0 atom stereocenters. The van der Waals surface area contributed by atoms with E-state index in [0.29, 0.717) is 5.00 Å². The molecule has 0 unspecified atom stereocenters. The number of nitrogens with zero attached hydrogens (tertiary/aromatic N) is 1. The molecular formula is C12H9NOS. The zero-order valence-electron chi connectivity index (χ0n) is 8.23. The van der Waals surface area contributed by atoms with Crippen molar-refractivity contribution in [2.24, 2.45) is 0 Å². The molecule has 15 heavy (non-hydrogen) atoms. The Kier molecular flexibility index (Phi) is 2.70. The van der Waals surface area contributed by atoms with Crippen LogP contribution in [0.4, 0.5) is 5.00 Å². The van der Waals surface area contributed by atoms with Gasteiger partial charge in [-0.15, -0.1) is 11.3 Å². The highest BCUT2D eigenvalue weighted by Gasteiger charge is 2.01. The molecule has 0 aliphatic rings. The van der Waals surface area contributed by atoms with Crippen molar-refractivity contribution in [2.75, 3.05) is 0 Å². The summed E-state index contributed by atoms with van der Waals surface area (Å²) in [4.78, 5) is 3.34. The van der Waals surface area contributed by atoms with Gasteiger partial charge in [0.05, 0.1) is 6.57 Å². The standard InChI is InChI=1S/C12H9NOS/c1-9-4-3-5-10(8-9)14-12-7-6-11(13-2)15-12/h3-8H,1H3. The maximum Gasteiger partial charge on any atom is 0.244 e. The molecule has 2 rings (SSSR count). The van der Waals surface area contributed by atoms with Gasteiger partial charge in [-0.1, -0.05) is 12.1 Å². The van der Waals surface area contributed by atoms with Crippen molar-refractivity contribution in [1.29, 1.82) is 0 Å². The van der Waals surface area contributed by atoms with Crippen molar-refractivity contribution >= 4 is 16.3 Å². The SMILES string of the molecule is [C-]#[N+]c1ccc(Oc2cccc(C)c2)s1. The van der Waals surface area contributed by atoms with Crippen molar-refractivity contribution in [2.45, 2.75) is 6.92 Å². The van der Waals surface area contributed by atoms with Crippen molar-refractivity contribution < 1.29 is 4.74 Å². The summed E-state index contributed by atoms with van der Waals surface area (Å²) < 4.78 is 5.62. The molecule has 2 aromatic rings. The van der Waals surface area contributed by atoms with Crippen LogP contribution in [0.1, 0.15) is 5.56 Å². The smallest absolute Gasteiger partial charge is 0.244 e. The van der Waals surface area contributed by atoms with Gasteiger partial charge in [-0.05, 0) is 36.8 Å². The monoisotopic (exact) mass is 215 g/mol. The van der Waals surface area contributed by atoms with Crippen LogP contribution in [-0.2, 0) is 0 Å². The predicted octanol–water partition coefficient (Wildman–Crippen LogP) is 4.40. The lowest BCUT2D eigenvalue weighted by Gasteiger charge is -2.02. The number of thiophene rings is 1. The number of benzene rings is 1. The summed E-state index contributed by atoms with van der Waals surface area (Å²) in [5, 5.41) is 1.41. The third-order valence-electron chi connectivity index (χ3n) is 1.89. The Morgan fingerprint density at radius 1 is 1.27 bits per heavy atom. The van der Waals surface area contributed by atoms with E-state index in [9.17, 15) is 0 Å². The van der Waals surface area contributed by atoms with Gasteiger partial charge in [0.1, 0.15) is 5.75 Å². The molecule has 1 aromatic heterocycles. The second-order valence-corrected chi connectivity index (χ2v) is 4.15. The summed E-state index contributed by atoms with van der Waals surface area (Å²) in [6.07, 6.45) is 0. The van der Waals surface area contributed by atoms with Crippen LogP contribution >= 0.6 is 11.3 Å². The molecule has 0 radical (unpaired) electrons. The van der Waals surface area contributed by atoms with Gasteiger partial charge in [0.25, 0.3) is 0 Å². The number of aryl methyl sites for hydroxylation is 1. The van der Waals surface area contributed by atoms with E-state index < -0.39 is 0 Å². The topological polar surface area (TPSA) is 13.6 Å². The zero-order valence-corrected chi connectivity index (χ0v) is 9.04. The fraction of sp³-hybridized carbons (Fsp3) is 0.0833. The van der Waals surface area contributed by atoms with Crippen LogP contribution < -0.4 is 4.74 Å². The highest BCUT2D eigenvalue weighted by atomic mass is 32.1. The van der Waals surface area contributed by atoms with Gasteiger partial charge in [-0.3, -0.25) is 0 Å². The number of hydrogen-bond donors (Lipinski definition) is 0. The molecule has 0 N–H and O–H groups in total. The molecule has 0 spiro atoms. The zero-order chi connectivity index (χ0) is 10.7. The van der Waals surface area contributed by atoms with Crippen molar-refractivity contribution in [3.63, 3.8) is 0 Å². The molecule has 0 aliphatic heterocycles. The molecule has 1 heterocycles. The first-order valence-corrected chi connectivity index (χ1v) is 5.31. The van der Waals surface area contributed by atoms with Gasteiger partial charge < -0.3 is 4.74 Å². The Bertz CT molecular complexity index is 510. The first-order chi connectivity index (χ1) is 7.28. The minimum absolute atomic E-state index is 0.651. The molecular weight excluding hydrogens is 206 g/mol. The van der Waals surface area contributed by atoms with E-state index in [0.717, 1.165) is 16.4 Å². The van der Waals surface area contributed by atoms with E-state index in [-0.39, 0.29) is 0 Å². The second kappa shape index (κ2) is 4.16. The van der Waals surface area contributed by atoms with Crippen LogP contribution in [0.15, 0.2) is 36.4 Å². The fourth-order valence-electron chi connectivity index (χ4n) is 1.22. The molecule has 0 saturated carbocycles. The Labute approximate surface area is 92.6 Å². The third-order valence-corrected chi connectivity index (χ3v) is 2.74. The Morgan fingerprint density at radius 2 is 2.13 bits per heavy atom. The van der Waals surface area contributed by atoms with Crippen LogP contribution in [0, 0.1) is 13.5 Å². The Morgan fingerprint density at radius 3 is 2.80 bits per heavy atom. The number of rotatable bonds is 2. The molecule has 0 saturated heterocycles. The summed E-state index contributed by atoms with van der Waals surface area (Å²) >= 11 is 1.36. The lowest BCUT2D eigenvalue weighted by Crippen LogP contribution is -1.80. The first-order valence-electron chi connectivity index (χ1n) is 4.50. The van der Waals surface area contributed by atoms with Crippen LogP contribution in [-0.4, -0.2) is 0 Å². The third kappa shape index (κ3) is 2.36. The lowest BCUT2D eigenvalue weighted by atomic mass is 10.2. The molecule has 1 aromatic carbocycles. The van der Waals surface area contributed by atoms with E-state index in [1.807, 2.05) is 37.3 Å². The van der Waals surface area contributed by atoms with E-state index in [4.69, 9.17) is 11.3 Å². The average Bonchev–Trinajstić information content (AvgIpc) is 2.65. The molecule has 0 amide bonds. The Hall–Kier alpha value is -1.79. The van der Waals surface area contributed by atoms with Crippen molar-refractivity contribution in [3.8, 4) is 10.8 Å². The van der Waals surface area contributed by atoms with Crippen molar-refractivity contribution in [3.05, 3.63) is 53.4 Å². The Balaban J connectivity index is 2.19. The predicted molar refractivity (Wildman–Crippen MR) is 61.8 cm³/mol. The van der Waals surface area contributed by atoms with E-state index in [1.165, 1.54) is 11.3 Å². The maximum absolute atomic E-state index is 6.85. The molecule has 0 aliphatic carbocycles. The fourth-order valence-corrected chi connectivity index (χ4v) is 1.88. The minimum atomic E-state index is 0.651. The number of hydrogen-bond acceptors (Lipinski definition) is 2. The maximum atomic E-state index is 6.85. The van der Waals surface area contributed by atoms with Crippen LogP contribution in [0.25, 0.3) is 4.85 Å². The average molecular weight is 215 g/mol. The largest absolute Gasteiger partial charge is 0.448 e. The molecule has 74 valence electrons. The van der Waals surface area contributed by atoms with Gasteiger partial charge >= 0.3 is 0 Å². The van der Waals surface area contributed by atoms with E-state index in [2.05, 4.69) is 4.85 Å². The highest BCUT2D eigenvalue weighted by molar-refractivity contribution is 7.17. The van der Waals surface area contributed by atoms with Gasteiger partial charge in [0.15, 0.2) is 5.06 Å². The quantitative estimate of drug-likeness (QED) is 0.677. The van der Waals surface area contributed by atoms with E-state index >= 15 is 0 Å². The highest BCUT2D eigenvalue weighted by Crippen LogP contribution is 2.34. The van der Waals surface area contributed by atoms with Gasteiger partial charge in [0, 0.05) is 0 Å².